The predicted octanol–water partition coefficient (Wildman–Crippen LogP) is 2.89. The van der Waals surface area contributed by atoms with Gasteiger partial charge in [0.05, 0.1) is 6.10 Å². The van der Waals surface area contributed by atoms with Gasteiger partial charge in [0.2, 0.25) is 0 Å². The van der Waals surface area contributed by atoms with Crippen LogP contribution in [0.1, 0.15) is 22.9 Å². The maximum atomic E-state index is 10.2. The Labute approximate surface area is 117 Å². The van der Waals surface area contributed by atoms with Crippen molar-refractivity contribution in [2.75, 3.05) is 11.9 Å². The average Bonchev–Trinajstić information content (AvgIpc) is 2.36. The van der Waals surface area contributed by atoms with Gasteiger partial charge in [0.15, 0.2) is 0 Å². The quantitative estimate of drug-likeness (QED) is 0.902. The number of nitrogens with one attached hydrogen (secondary N) is 1. The third-order valence-electron chi connectivity index (χ3n) is 2.87. The van der Waals surface area contributed by atoms with Crippen LogP contribution in [0, 0.1) is 13.8 Å². The second-order valence-electron chi connectivity index (χ2n) is 4.44. The number of hydrogen-bond acceptors (Lipinski definition) is 4. The van der Waals surface area contributed by atoms with Crippen LogP contribution in [-0.2, 0) is 0 Å². The van der Waals surface area contributed by atoms with E-state index in [1.807, 2.05) is 32.0 Å². The lowest BCUT2D eigenvalue weighted by molar-refractivity contribution is 0.191. The molecule has 1 atom stereocenters. The first kappa shape index (κ1) is 13.8. The largest absolute Gasteiger partial charge is 0.387 e. The molecular formula is C14H16ClN3O. The Kier molecular flexibility index (Phi) is 4.35. The Morgan fingerprint density at radius 3 is 2.74 bits per heavy atom. The molecule has 2 N–H and O–H groups in total. The molecule has 0 radical (unpaired) electrons. The normalized spacial score (nSPS) is 12.2. The summed E-state index contributed by atoms with van der Waals surface area (Å²) in [5, 5.41) is 13.9. The van der Waals surface area contributed by atoms with E-state index in [1.165, 1.54) is 6.33 Å². The summed E-state index contributed by atoms with van der Waals surface area (Å²) in [5.74, 6) is 0.707. The lowest BCUT2D eigenvalue weighted by Crippen LogP contribution is -2.14. The van der Waals surface area contributed by atoms with Crippen LogP contribution in [0.25, 0.3) is 0 Å². The first-order chi connectivity index (χ1) is 9.06. The second kappa shape index (κ2) is 5.99. The summed E-state index contributed by atoms with van der Waals surface area (Å²) in [7, 11) is 0. The van der Waals surface area contributed by atoms with Crippen LogP contribution in [0.2, 0.25) is 5.02 Å². The monoisotopic (exact) mass is 277 g/mol. The van der Waals surface area contributed by atoms with Crippen LogP contribution in [-0.4, -0.2) is 21.6 Å². The molecule has 0 spiro atoms. The van der Waals surface area contributed by atoms with Gasteiger partial charge >= 0.3 is 0 Å². The third kappa shape index (κ3) is 3.66. The molecule has 0 fully saturated rings. The fraction of sp³-hybridized carbons (Fsp3) is 0.286. The molecule has 1 unspecified atom stereocenters. The predicted molar refractivity (Wildman–Crippen MR) is 76.4 cm³/mol. The zero-order valence-corrected chi connectivity index (χ0v) is 11.6. The van der Waals surface area contributed by atoms with Crippen molar-refractivity contribution < 1.29 is 5.11 Å². The molecular weight excluding hydrogens is 262 g/mol. The van der Waals surface area contributed by atoms with Crippen LogP contribution in [0.5, 0.6) is 0 Å². The number of hydrogen-bond donors (Lipinski definition) is 2. The van der Waals surface area contributed by atoms with Gasteiger partial charge in [0, 0.05) is 23.3 Å². The Morgan fingerprint density at radius 1 is 1.26 bits per heavy atom. The van der Waals surface area contributed by atoms with Crippen molar-refractivity contribution >= 4 is 17.4 Å². The van der Waals surface area contributed by atoms with Crippen molar-refractivity contribution in [1.82, 2.24) is 9.97 Å². The first-order valence-corrected chi connectivity index (χ1v) is 6.40. The Bertz CT molecular complexity index is 574. The van der Waals surface area contributed by atoms with Crippen LogP contribution >= 0.6 is 11.6 Å². The van der Waals surface area contributed by atoms with E-state index in [0.29, 0.717) is 17.4 Å². The Balaban J connectivity index is 2.03. The van der Waals surface area contributed by atoms with Gasteiger partial charge < -0.3 is 10.4 Å². The molecule has 1 heterocycles. The minimum absolute atomic E-state index is 0.388. The van der Waals surface area contributed by atoms with Crippen molar-refractivity contribution in [3.8, 4) is 0 Å². The van der Waals surface area contributed by atoms with E-state index in [-0.39, 0.29) is 0 Å². The van der Waals surface area contributed by atoms with Crippen molar-refractivity contribution in [3.63, 3.8) is 0 Å². The maximum Gasteiger partial charge on any atom is 0.129 e. The van der Waals surface area contributed by atoms with Crippen molar-refractivity contribution in [2.24, 2.45) is 0 Å². The van der Waals surface area contributed by atoms with E-state index in [4.69, 9.17) is 11.6 Å². The SMILES string of the molecule is Cc1cc(NCC(O)c2ccc(Cl)cc2C)ncn1. The van der Waals surface area contributed by atoms with Crippen molar-refractivity contribution in [2.45, 2.75) is 20.0 Å². The molecule has 19 heavy (non-hydrogen) atoms. The van der Waals surface area contributed by atoms with E-state index in [2.05, 4.69) is 15.3 Å². The van der Waals surface area contributed by atoms with Gasteiger partial charge in [-0.15, -0.1) is 0 Å². The molecule has 1 aromatic carbocycles. The summed E-state index contributed by atoms with van der Waals surface area (Å²) in [6, 6.07) is 7.30. The lowest BCUT2D eigenvalue weighted by Gasteiger charge is -2.15. The molecule has 0 aliphatic heterocycles. The molecule has 0 bridgehead atoms. The molecule has 1 aromatic heterocycles. The van der Waals surface area contributed by atoms with E-state index in [0.717, 1.165) is 16.8 Å². The molecule has 0 aliphatic carbocycles. The van der Waals surface area contributed by atoms with E-state index >= 15 is 0 Å². The van der Waals surface area contributed by atoms with Crippen LogP contribution in [0.4, 0.5) is 5.82 Å². The summed E-state index contributed by atoms with van der Waals surface area (Å²) in [6.45, 7) is 4.21. The van der Waals surface area contributed by atoms with Crippen LogP contribution in [0.15, 0.2) is 30.6 Å². The molecule has 100 valence electrons. The van der Waals surface area contributed by atoms with E-state index < -0.39 is 6.10 Å². The second-order valence-corrected chi connectivity index (χ2v) is 4.88. The smallest absolute Gasteiger partial charge is 0.129 e. The zero-order valence-electron chi connectivity index (χ0n) is 10.9. The molecule has 0 amide bonds. The van der Waals surface area contributed by atoms with Gasteiger partial charge in [-0.25, -0.2) is 9.97 Å². The van der Waals surface area contributed by atoms with E-state index in [1.54, 1.807) is 6.07 Å². The highest BCUT2D eigenvalue weighted by Crippen LogP contribution is 2.21. The molecule has 0 aliphatic rings. The number of anilines is 1. The number of halogens is 1. The molecule has 0 saturated heterocycles. The summed E-state index contributed by atoms with van der Waals surface area (Å²) in [4.78, 5) is 8.11. The minimum atomic E-state index is -0.604. The van der Waals surface area contributed by atoms with E-state index in [9.17, 15) is 5.11 Å². The number of benzene rings is 1. The third-order valence-corrected chi connectivity index (χ3v) is 3.11. The lowest BCUT2D eigenvalue weighted by atomic mass is 10.0. The number of rotatable bonds is 4. The van der Waals surface area contributed by atoms with Gasteiger partial charge in [-0.05, 0) is 37.1 Å². The topological polar surface area (TPSA) is 58.0 Å². The summed E-state index contributed by atoms with van der Waals surface area (Å²) in [6.07, 6.45) is 0.893. The molecule has 5 heteroatoms. The Hall–Kier alpha value is -1.65. The summed E-state index contributed by atoms with van der Waals surface area (Å²) >= 11 is 5.90. The van der Waals surface area contributed by atoms with Gasteiger partial charge in [-0.2, -0.15) is 0 Å². The van der Waals surface area contributed by atoms with Crippen LogP contribution < -0.4 is 5.32 Å². The van der Waals surface area contributed by atoms with Gasteiger partial charge in [-0.3, -0.25) is 0 Å². The fourth-order valence-corrected chi connectivity index (χ4v) is 2.10. The fourth-order valence-electron chi connectivity index (χ4n) is 1.88. The summed E-state index contributed by atoms with van der Waals surface area (Å²) < 4.78 is 0. The highest BCUT2D eigenvalue weighted by Gasteiger charge is 2.10. The number of aliphatic hydroxyl groups excluding tert-OH is 1. The van der Waals surface area contributed by atoms with Crippen molar-refractivity contribution in [1.29, 1.82) is 0 Å². The number of aliphatic hydroxyl groups is 1. The van der Waals surface area contributed by atoms with Gasteiger partial charge in [0.1, 0.15) is 12.1 Å². The molecule has 4 nitrogen and oxygen atoms in total. The van der Waals surface area contributed by atoms with Gasteiger partial charge in [0.25, 0.3) is 0 Å². The number of aryl methyl sites for hydroxylation is 2. The minimum Gasteiger partial charge on any atom is -0.387 e. The van der Waals surface area contributed by atoms with Crippen LogP contribution in [0.3, 0.4) is 0 Å². The zero-order chi connectivity index (χ0) is 13.8. The van der Waals surface area contributed by atoms with Gasteiger partial charge in [-0.1, -0.05) is 17.7 Å². The standard InChI is InChI=1S/C14H16ClN3O/c1-9-5-11(15)3-4-12(9)13(19)7-16-14-6-10(2)17-8-18-14/h3-6,8,13,19H,7H2,1-2H3,(H,16,17,18). The molecule has 2 aromatic rings. The number of nitrogens with zero attached hydrogens (tertiary/aromatic N) is 2. The highest BCUT2D eigenvalue weighted by molar-refractivity contribution is 6.30. The molecule has 2 rings (SSSR count). The Morgan fingerprint density at radius 2 is 2.05 bits per heavy atom. The summed E-state index contributed by atoms with van der Waals surface area (Å²) in [5.41, 5.74) is 2.72. The average molecular weight is 278 g/mol. The number of aromatic nitrogens is 2. The maximum absolute atomic E-state index is 10.2. The highest BCUT2D eigenvalue weighted by atomic mass is 35.5. The first-order valence-electron chi connectivity index (χ1n) is 6.03. The van der Waals surface area contributed by atoms with Crippen molar-refractivity contribution in [3.05, 3.63) is 52.4 Å². The molecule has 0 saturated carbocycles.